The van der Waals surface area contributed by atoms with E-state index in [9.17, 15) is 14.3 Å². The molecule has 4 atom stereocenters. The van der Waals surface area contributed by atoms with Crippen LogP contribution < -0.4 is 14.8 Å². The number of rotatable bonds is 17. The van der Waals surface area contributed by atoms with Crippen molar-refractivity contribution in [2.75, 3.05) is 32.1 Å². The Labute approximate surface area is 349 Å². The van der Waals surface area contributed by atoms with Crippen molar-refractivity contribution < 1.29 is 23.8 Å². The van der Waals surface area contributed by atoms with Gasteiger partial charge in [-0.1, -0.05) is 49.7 Å². The van der Waals surface area contributed by atoms with Gasteiger partial charge in [0.05, 0.1) is 12.7 Å². The quantitative estimate of drug-likeness (QED) is 0.110. The number of anilines is 1. The number of nitrogens with zero attached hydrogens (tertiary/aromatic N) is 2. The molecule has 58 heavy (non-hydrogen) atoms. The number of carboxylic acids is 1. The van der Waals surface area contributed by atoms with E-state index in [4.69, 9.17) is 21.1 Å². The van der Waals surface area contributed by atoms with E-state index in [0.29, 0.717) is 42.2 Å². The predicted molar refractivity (Wildman–Crippen MR) is 231 cm³/mol. The molecule has 0 saturated heterocycles. The second-order valence-electron chi connectivity index (χ2n) is 17.8. The van der Waals surface area contributed by atoms with E-state index in [1.807, 2.05) is 36.5 Å². The van der Waals surface area contributed by atoms with E-state index in [2.05, 4.69) is 61.2 Å². The third-order valence-electron chi connectivity index (χ3n) is 13.4. The molecule has 0 bridgehead atoms. The van der Waals surface area contributed by atoms with Crippen LogP contribution in [0.25, 0.3) is 0 Å². The number of carbonyl (C=O) groups is 1. The molecule has 1 heterocycles. The molecule has 310 valence electrons. The van der Waals surface area contributed by atoms with Gasteiger partial charge in [0.25, 0.3) is 0 Å². The molecule has 4 aromatic rings. The highest BCUT2D eigenvalue weighted by molar-refractivity contribution is 6.30. The van der Waals surface area contributed by atoms with Crippen LogP contribution in [-0.2, 0) is 29.5 Å². The third-order valence-corrected chi connectivity index (χ3v) is 13.7. The van der Waals surface area contributed by atoms with Crippen LogP contribution >= 0.6 is 11.6 Å². The Morgan fingerprint density at radius 1 is 1.05 bits per heavy atom. The number of fused-ring (bicyclic) bond motifs is 3. The Bertz CT molecular complexity index is 2030. The number of likely N-dealkylation sites (N-methyl/N-ethyl adjacent to an activating group) is 1. The molecule has 0 radical (unpaired) electrons. The number of pyridine rings is 1. The maximum Gasteiger partial charge on any atom is 0.329 e. The van der Waals surface area contributed by atoms with Crippen LogP contribution in [0.1, 0.15) is 112 Å². The highest BCUT2D eigenvalue weighted by atomic mass is 35.5. The molecule has 9 heteroatoms. The predicted octanol–water partition coefficient (Wildman–Crippen LogP) is 11.1. The fourth-order valence-electron chi connectivity index (χ4n) is 10.2. The van der Waals surface area contributed by atoms with Crippen LogP contribution in [-0.4, -0.2) is 59.3 Å². The van der Waals surface area contributed by atoms with E-state index in [1.54, 1.807) is 18.2 Å². The summed E-state index contributed by atoms with van der Waals surface area (Å²) in [4.78, 5) is 20.1. The summed E-state index contributed by atoms with van der Waals surface area (Å²) in [7, 11) is 2.12. The lowest BCUT2D eigenvalue weighted by Gasteiger charge is -2.47. The minimum Gasteiger partial charge on any atom is -0.493 e. The van der Waals surface area contributed by atoms with Gasteiger partial charge in [-0.2, -0.15) is 0 Å². The monoisotopic (exact) mass is 809 g/mol. The van der Waals surface area contributed by atoms with Crippen molar-refractivity contribution in [1.29, 1.82) is 0 Å². The number of aromatic nitrogens is 1. The van der Waals surface area contributed by atoms with Crippen LogP contribution in [0.2, 0.25) is 5.02 Å². The summed E-state index contributed by atoms with van der Waals surface area (Å²) in [5, 5.41) is 14.7. The highest BCUT2D eigenvalue weighted by Gasteiger charge is 2.54. The molecule has 1 aromatic heterocycles. The van der Waals surface area contributed by atoms with E-state index in [1.165, 1.54) is 41.3 Å². The molecule has 7 nitrogen and oxygen atoms in total. The molecular formula is C49H61ClFN3O4. The molecule has 2 unspecified atom stereocenters. The zero-order valence-corrected chi connectivity index (χ0v) is 35.5. The van der Waals surface area contributed by atoms with E-state index < -0.39 is 11.5 Å². The third kappa shape index (κ3) is 9.66. The minimum absolute atomic E-state index is 0.0366. The van der Waals surface area contributed by atoms with Crippen molar-refractivity contribution in [3.8, 4) is 11.5 Å². The van der Waals surface area contributed by atoms with Gasteiger partial charge >= 0.3 is 5.97 Å². The standard InChI is InChI=1S/C49H61ClFN3O4/c1-33(32-57-45-18-24-52-44-15-5-9-34(2)46(44)45)27-38-29-37-16-17-42(58-35(3)10-8-25-54(4)26-19-36-11-6-13-40(51)28-36)31-43(37)48(38)20-22-49(23-21-48,47(55)56)53-41-14-7-12-39(50)30-41/h6-7,11-14,16-18,24,28,30-31,33-35,38,53H,5,8-10,15,19-23,25-27,29,32H2,1-4H3,(H,55,56)/t33-,34-,35?,38?,48?,49?/m1/s1. The number of aliphatic carboxylic acids is 1. The van der Waals surface area contributed by atoms with Gasteiger partial charge in [0, 0.05) is 34.7 Å². The number of carboxylic acid groups (broad SMARTS) is 1. The smallest absolute Gasteiger partial charge is 0.329 e. The number of nitrogens with one attached hydrogen (secondary N) is 1. The summed E-state index contributed by atoms with van der Waals surface area (Å²) in [6, 6.07) is 22.9. The summed E-state index contributed by atoms with van der Waals surface area (Å²) < 4.78 is 26.9. The molecule has 0 aliphatic heterocycles. The molecular weight excluding hydrogens is 749 g/mol. The van der Waals surface area contributed by atoms with Crippen molar-refractivity contribution in [2.45, 2.75) is 121 Å². The summed E-state index contributed by atoms with van der Waals surface area (Å²) in [6.45, 7) is 9.18. The number of hydrogen-bond acceptors (Lipinski definition) is 6. The van der Waals surface area contributed by atoms with Gasteiger partial charge in [-0.15, -0.1) is 0 Å². The summed E-state index contributed by atoms with van der Waals surface area (Å²) in [6.07, 6.45) is 12.5. The average molecular weight is 810 g/mol. The molecule has 3 aliphatic rings. The number of ether oxygens (including phenoxy) is 2. The van der Waals surface area contributed by atoms with E-state index >= 15 is 0 Å². The molecule has 0 amide bonds. The Kier molecular flexibility index (Phi) is 13.3. The first-order chi connectivity index (χ1) is 27.9. The lowest BCUT2D eigenvalue weighted by atomic mass is 9.59. The Balaban J connectivity index is 1.04. The van der Waals surface area contributed by atoms with Gasteiger partial charge in [-0.25, -0.2) is 9.18 Å². The van der Waals surface area contributed by atoms with Gasteiger partial charge in [0.15, 0.2) is 0 Å². The van der Waals surface area contributed by atoms with Crippen LogP contribution in [0.3, 0.4) is 0 Å². The van der Waals surface area contributed by atoms with Gasteiger partial charge in [0.2, 0.25) is 0 Å². The molecule has 2 N–H and O–H groups in total. The molecule has 1 fully saturated rings. The molecule has 7 rings (SSSR count). The second kappa shape index (κ2) is 18.4. The number of halogens is 2. The Hall–Kier alpha value is -4.14. The highest BCUT2D eigenvalue weighted by Crippen LogP contribution is 2.57. The topological polar surface area (TPSA) is 83.9 Å². The van der Waals surface area contributed by atoms with Crippen molar-refractivity contribution in [3.05, 3.63) is 118 Å². The van der Waals surface area contributed by atoms with Crippen LogP contribution in [0.5, 0.6) is 11.5 Å². The van der Waals surface area contributed by atoms with E-state index in [0.717, 1.165) is 87.2 Å². The normalized spacial score (nSPS) is 23.6. The fourth-order valence-corrected chi connectivity index (χ4v) is 10.4. The van der Waals surface area contributed by atoms with Crippen LogP contribution in [0, 0.1) is 17.7 Å². The lowest BCUT2D eigenvalue weighted by Crippen LogP contribution is -2.53. The summed E-state index contributed by atoms with van der Waals surface area (Å²) >= 11 is 6.32. The number of hydrogen-bond donors (Lipinski definition) is 2. The van der Waals surface area contributed by atoms with Crippen LogP contribution in [0.15, 0.2) is 79.0 Å². The van der Waals surface area contributed by atoms with Gasteiger partial charge in [-0.05, 0) is 186 Å². The first kappa shape index (κ1) is 42.0. The van der Waals surface area contributed by atoms with Crippen molar-refractivity contribution in [3.63, 3.8) is 0 Å². The summed E-state index contributed by atoms with van der Waals surface area (Å²) in [5.74, 6) is 1.96. The maximum atomic E-state index is 13.6. The molecule has 3 aromatic carbocycles. The number of aryl methyl sites for hydroxylation is 1. The molecule has 1 saturated carbocycles. The zero-order chi connectivity index (χ0) is 40.9. The second-order valence-corrected chi connectivity index (χ2v) is 18.2. The van der Waals surface area contributed by atoms with Gasteiger partial charge in [-0.3, -0.25) is 4.98 Å². The SMILES string of the molecule is CC(CCCN(C)CCc1cccc(F)c1)Oc1ccc2c(c1)C1(CCC(Nc3cccc(Cl)c3)(C(=O)O)CC1)C(C[C@@H](C)COc1ccnc3c1[C@H](C)CCC3)C2. The molecule has 1 spiro atoms. The minimum atomic E-state index is -1.08. The van der Waals surface area contributed by atoms with Gasteiger partial charge < -0.3 is 24.8 Å². The van der Waals surface area contributed by atoms with Crippen molar-refractivity contribution in [1.82, 2.24) is 9.88 Å². The van der Waals surface area contributed by atoms with E-state index in [-0.39, 0.29) is 17.3 Å². The molecule has 3 aliphatic carbocycles. The summed E-state index contributed by atoms with van der Waals surface area (Å²) in [5.41, 5.74) is 5.64. The lowest BCUT2D eigenvalue weighted by molar-refractivity contribution is -0.144. The maximum absolute atomic E-state index is 13.6. The van der Waals surface area contributed by atoms with Crippen molar-refractivity contribution >= 4 is 23.3 Å². The fraction of sp³-hybridized carbons (Fsp3) is 0.510. The largest absolute Gasteiger partial charge is 0.493 e. The zero-order valence-electron chi connectivity index (χ0n) is 34.7. The average Bonchev–Trinajstić information content (AvgIpc) is 3.48. The Morgan fingerprint density at radius 2 is 1.86 bits per heavy atom. The van der Waals surface area contributed by atoms with Crippen LogP contribution in [0.4, 0.5) is 10.1 Å². The first-order valence-corrected chi connectivity index (χ1v) is 21.9. The van der Waals surface area contributed by atoms with Crippen molar-refractivity contribution in [2.24, 2.45) is 11.8 Å². The number of benzene rings is 3. The van der Waals surface area contributed by atoms with Gasteiger partial charge in [0.1, 0.15) is 22.9 Å². The first-order valence-electron chi connectivity index (χ1n) is 21.5. The Morgan fingerprint density at radius 3 is 2.64 bits per heavy atom.